The molecule has 1 fully saturated rings. The fourth-order valence-corrected chi connectivity index (χ4v) is 2.66. The van der Waals surface area contributed by atoms with Crippen LogP contribution >= 0.6 is 0 Å². The van der Waals surface area contributed by atoms with Crippen LogP contribution in [0.4, 0.5) is 0 Å². The minimum atomic E-state index is -0.794. The lowest BCUT2D eigenvalue weighted by atomic mass is 9.95. The van der Waals surface area contributed by atoms with Crippen molar-refractivity contribution in [1.82, 2.24) is 10.2 Å². The van der Waals surface area contributed by atoms with Crippen LogP contribution in [-0.2, 0) is 14.4 Å². The highest BCUT2D eigenvalue weighted by Gasteiger charge is 2.32. The first kappa shape index (κ1) is 18.5. The van der Waals surface area contributed by atoms with Gasteiger partial charge in [-0.05, 0) is 24.7 Å². The minimum absolute atomic E-state index is 0.000750. The number of amides is 2. The molecule has 22 heavy (non-hydrogen) atoms. The van der Waals surface area contributed by atoms with E-state index in [-0.39, 0.29) is 29.6 Å². The van der Waals surface area contributed by atoms with Gasteiger partial charge in [0.2, 0.25) is 11.8 Å². The Labute approximate surface area is 132 Å². The molecule has 1 atom stereocenters. The standard InChI is InChI=1S/C16H28N2O4/c1-10(2)9-13(19)17-14(11(3)4)15(20)18-7-5-12(6-8-18)16(21)22/h10-12,14H,5-9H2,1-4H3,(H,17,19)(H,21,22). The molecule has 1 heterocycles. The van der Waals surface area contributed by atoms with Crippen molar-refractivity contribution in [2.24, 2.45) is 17.8 Å². The number of carbonyl (C=O) groups is 3. The van der Waals surface area contributed by atoms with Gasteiger partial charge in [0.05, 0.1) is 5.92 Å². The van der Waals surface area contributed by atoms with E-state index >= 15 is 0 Å². The van der Waals surface area contributed by atoms with Gasteiger partial charge < -0.3 is 15.3 Å². The predicted molar refractivity (Wildman–Crippen MR) is 83.2 cm³/mol. The molecular formula is C16H28N2O4. The Morgan fingerprint density at radius 3 is 2.09 bits per heavy atom. The van der Waals surface area contributed by atoms with Crippen LogP contribution < -0.4 is 5.32 Å². The van der Waals surface area contributed by atoms with Crippen molar-refractivity contribution in [2.75, 3.05) is 13.1 Å². The fraction of sp³-hybridized carbons (Fsp3) is 0.812. The Bertz CT molecular complexity index is 412. The van der Waals surface area contributed by atoms with Crippen LogP contribution in [0.3, 0.4) is 0 Å². The first-order valence-electron chi connectivity index (χ1n) is 8.03. The smallest absolute Gasteiger partial charge is 0.306 e. The largest absolute Gasteiger partial charge is 0.481 e. The quantitative estimate of drug-likeness (QED) is 0.778. The molecule has 2 N–H and O–H groups in total. The third-order valence-electron chi connectivity index (χ3n) is 4.00. The van der Waals surface area contributed by atoms with Crippen LogP contribution in [0.1, 0.15) is 47.0 Å². The molecule has 126 valence electrons. The Kier molecular flexibility index (Phi) is 6.84. The third kappa shape index (κ3) is 5.31. The maximum absolute atomic E-state index is 12.6. The second kappa shape index (κ2) is 8.15. The summed E-state index contributed by atoms with van der Waals surface area (Å²) in [4.78, 5) is 37.2. The van der Waals surface area contributed by atoms with E-state index < -0.39 is 12.0 Å². The van der Waals surface area contributed by atoms with E-state index in [1.807, 2.05) is 27.7 Å². The third-order valence-corrected chi connectivity index (χ3v) is 4.00. The SMILES string of the molecule is CC(C)CC(=O)NC(C(=O)N1CCC(C(=O)O)CC1)C(C)C. The maximum atomic E-state index is 12.6. The summed E-state index contributed by atoms with van der Waals surface area (Å²) < 4.78 is 0. The summed E-state index contributed by atoms with van der Waals surface area (Å²) in [6, 6.07) is -0.535. The van der Waals surface area contributed by atoms with Crippen molar-refractivity contribution < 1.29 is 19.5 Å². The summed E-state index contributed by atoms with van der Waals surface area (Å²) in [5, 5.41) is 11.8. The van der Waals surface area contributed by atoms with Crippen LogP contribution in [0.5, 0.6) is 0 Å². The maximum Gasteiger partial charge on any atom is 0.306 e. The van der Waals surface area contributed by atoms with Gasteiger partial charge in [0, 0.05) is 19.5 Å². The fourth-order valence-electron chi connectivity index (χ4n) is 2.66. The lowest BCUT2D eigenvalue weighted by molar-refractivity contribution is -0.146. The number of nitrogens with zero attached hydrogens (tertiary/aromatic N) is 1. The predicted octanol–water partition coefficient (Wildman–Crippen LogP) is 1.50. The van der Waals surface area contributed by atoms with Crippen LogP contribution in [0.15, 0.2) is 0 Å². The molecule has 6 heteroatoms. The van der Waals surface area contributed by atoms with Crippen molar-refractivity contribution in [3.8, 4) is 0 Å². The average Bonchev–Trinajstić information content (AvgIpc) is 2.43. The number of nitrogens with one attached hydrogen (secondary N) is 1. The molecule has 0 radical (unpaired) electrons. The summed E-state index contributed by atoms with van der Waals surface area (Å²) in [6.07, 6.45) is 1.36. The van der Waals surface area contributed by atoms with E-state index in [2.05, 4.69) is 5.32 Å². The number of piperidine rings is 1. The molecule has 2 amide bonds. The molecule has 1 aliphatic heterocycles. The van der Waals surface area contributed by atoms with Gasteiger partial charge in [-0.1, -0.05) is 27.7 Å². The number of carbonyl (C=O) groups excluding carboxylic acids is 2. The van der Waals surface area contributed by atoms with Gasteiger partial charge in [-0.15, -0.1) is 0 Å². The highest BCUT2D eigenvalue weighted by Crippen LogP contribution is 2.19. The van der Waals surface area contributed by atoms with Crippen molar-refractivity contribution >= 4 is 17.8 Å². The molecule has 1 rings (SSSR count). The highest BCUT2D eigenvalue weighted by atomic mass is 16.4. The van der Waals surface area contributed by atoms with E-state index in [9.17, 15) is 14.4 Å². The molecule has 6 nitrogen and oxygen atoms in total. The number of carboxylic acid groups (broad SMARTS) is 1. The van der Waals surface area contributed by atoms with Gasteiger partial charge in [-0.3, -0.25) is 14.4 Å². The second-order valence-electron chi connectivity index (χ2n) is 6.82. The Balaban J connectivity index is 2.62. The van der Waals surface area contributed by atoms with Crippen LogP contribution in [0.25, 0.3) is 0 Å². The van der Waals surface area contributed by atoms with Crippen LogP contribution in [0.2, 0.25) is 0 Å². The molecule has 0 aromatic carbocycles. The molecule has 0 aromatic heterocycles. The number of rotatable bonds is 6. The Morgan fingerprint density at radius 1 is 1.14 bits per heavy atom. The molecule has 0 bridgehead atoms. The lowest BCUT2D eigenvalue weighted by Crippen LogP contribution is -2.53. The van der Waals surface area contributed by atoms with E-state index in [0.717, 1.165) is 0 Å². The van der Waals surface area contributed by atoms with E-state index in [0.29, 0.717) is 32.4 Å². The van der Waals surface area contributed by atoms with Gasteiger partial charge in [0.1, 0.15) is 6.04 Å². The number of likely N-dealkylation sites (tertiary alicyclic amines) is 1. The van der Waals surface area contributed by atoms with Gasteiger partial charge >= 0.3 is 5.97 Å². The zero-order valence-corrected chi connectivity index (χ0v) is 14.0. The number of carboxylic acids is 1. The van der Waals surface area contributed by atoms with Crippen molar-refractivity contribution in [3.63, 3.8) is 0 Å². The monoisotopic (exact) mass is 312 g/mol. The van der Waals surface area contributed by atoms with E-state index in [1.165, 1.54) is 0 Å². The van der Waals surface area contributed by atoms with Gasteiger partial charge in [-0.2, -0.15) is 0 Å². The van der Waals surface area contributed by atoms with Crippen LogP contribution in [-0.4, -0.2) is 46.9 Å². The molecule has 0 spiro atoms. The summed E-state index contributed by atoms with van der Waals surface area (Å²) in [6.45, 7) is 8.62. The van der Waals surface area contributed by atoms with E-state index in [4.69, 9.17) is 5.11 Å². The average molecular weight is 312 g/mol. The highest BCUT2D eigenvalue weighted by molar-refractivity contribution is 5.88. The number of hydrogen-bond donors (Lipinski definition) is 2. The lowest BCUT2D eigenvalue weighted by Gasteiger charge is -2.34. The van der Waals surface area contributed by atoms with Gasteiger partial charge in [-0.25, -0.2) is 0 Å². The number of hydrogen-bond acceptors (Lipinski definition) is 3. The first-order valence-corrected chi connectivity index (χ1v) is 8.03. The zero-order chi connectivity index (χ0) is 16.9. The molecule has 1 aliphatic rings. The van der Waals surface area contributed by atoms with Crippen molar-refractivity contribution in [3.05, 3.63) is 0 Å². The molecule has 0 saturated carbocycles. The van der Waals surface area contributed by atoms with Gasteiger partial charge in [0.15, 0.2) is 0 Å². The number of aliphatic carboxylic acids is 1. The summed E-state index contributed by atoms with van der Waals surface area (Å²) in [5.74, 6) is -1.12. The summed E-state index contributed by atoms with van der Waals surface area (Å²) in [7, 11) is 0. The summed E-state index contributed by atoms with van der Waals surface area (Å²) >= 11 is 0. The molecule has 1 unspecified atom stereocenters. The minimum Gasteiger partial charge on any atom is -0.481 e. The molecule has 0 aromatic rings. The topological polar surface area (TPSA) is 86.7 Å². The molecule has 1 saturated heterocycles. The van der Waals surface area contributed by atoms with Crippen molar-refractivity contribution in [2.45, 2.75) is 53.0 Å². The normalized spacial score (nSPS) is 17.6. The first-order chi connectivity index (χ1) is 10.2. The van der Waals surface area contributed by atoms with Gasteiger partial charge in [0.25, 0.3) is 0 Å². The van der Waals surface area contributed by atoms with Crippen LogP contribution in [0, 0.1) is 17.8 Å². The van der Waals surface area contributed by atoms with E-state index in [1.54, 1.807) is 4.90 Å². The Hall–Kier alpha value is -1.59. The molecular weight excluding hydrogens is 284 g/mol. The molecule has 0 aliphatic carbocycles. The second-order valence-corrected chi connectivity index (χ2v) is 6.82. The Morgan fingerprint density at radius 2 is 1.68 bits per heavy atom. The zero-order valence-electron chi connectivity index (χ0n) is 14.0. The van der Waals surface area contributed by atoms with Crippen molar-refractivity contribution in [1.29, 1.82) is 0 Å². The summed E-state index contributed by atoms with van der Waals surface area (Å²) in [5.41, 5.74) is 0.